The van der Waals surface area contributed by atoms with Crippen LogP contribution in [0.25, 0.3) is 0 Å². The van der Waals surface area contributed by atoms with Crippen molar-refractivity contribution in [2.75, 3.05) is 91.9 Å². The largest absolute Gasteiger partial charge is 0.395 e. The third-order valence-corrected chi connectivity index (χ3v) is 12.6. The fourth-order valence-corrected chi connectivity index (χ4v) is 8.33. The molecule has 9 amide bonds. The number of aliphatic hydroxyl groups excluding tert-OH is 5. The first-order chi connectivity index (χ1) is 38.0. The van der Waals surface area contributed by atoms with Crippen LogP contribution in [-0.2, 0) is 71.7 Å². The average Bonchev–Trinajstić information content (AvgIpc) is 3.74. The van der Waals surface area contributed by atoms with Crippen molar-refractivity contribution in [1.29, 1.82) is 0 Å². The van der Waals surface area contributed by atoms with Gasteiger partial charge in [0.15, 0.2) is 12.6 Å². The van der Waals surface area contributed by atoms with Gasteiger partial charge in [0.2, 0.25) is 41.4 Å². The molecule has 3 heterocycles. The highest BCUT2D eigenvalue weighted by atomic mass is 16.8. The third kappa shape index (κ3) is 29.5. The van der Waals surface area contributed by atoms with Crippen molar-refractivity contribution < 1.29 is 97.3 Å². The van der Waals surface area contributed by atoms with E-state index in [1.807, 2.05) is 0 Å². The maximum atomic E-state index is 13.6. The minimum absolute atomic E-state index is 0.0108. The molecule has 3 rings (SSSR count). The fourth-order valence-electron chi connectivity index (χ4n) is 8.33. The van der Waals surface area contributed by atoms with Crippen LogP contribution in [0.3, 0.4) is 0 Å². The molecule has 3 aliphatic rings. The summed E-state index contributed by atoms with van der Waals surface area (Å²) in [6.45, 7) is -1.13. The zero-order valence-electron chi connectivity index (χ0n) is 45.1. The predicted octanol–water partition coefficient (Wildman–Crippen LogP) is -4.11. The van der Waals surface area contributed by atoms with E-state index in [0.717, 1.165) is 0 Å². The Hall–Kier alpha value is -5.50. The molecule has 0 aromatic heterocycles. The van der Waals surface area contributed by atoms with E-state index >= 15 is 0 Å². The number of nitrogens with zero attached hydrogens (tertiary/aromatic N) is 2. The van der Waals surface area contributed by atoms with Crippen LogP contribution in [0.15, 0.2) is 0 Å². The Labute approximate surface area is 459 Å². The van der Waals surface area contributed by atoms with Gasteiger partial charge in [-0.25, -0.2) is 4.79 Å². The van der Waals surface area contributed by atoms with Crippen molar-refractivity contribution >= 4 is 59.1 Å². The number of hydrogen-bond donors (Lipinski definition) is 12. The van der Waals surface area contributed by atoms with Crippen molar-refractivity contribution in [2.45, 2.75) is 165 Å². The molecular weight excluding hydrogens is 1050 g/mol. The maximum absolute atomic E-state index is 13.6. The van der Waals surface area contributed by atoms with E-state index in [4.69, 9.17) is 34.0 Å². The summed E-state index contributed by atoms with van der Waals surface area (Å²) in [5.74, 6) is -5.24. The second-order valence-corrected chi connectivity index (χ2v) is 19.3. The minimum Gasteiger partial charge on any atom is -0.395 e. The molecule has 0 aromatic rings. The lowest BCUT2D eigenvalue weighted by molar-refractivity contribution is -0.318. The van der Waals surface area contributed by atoms with E-state index in [2.05, 4.69) is 37.2 Å². The Morgan fingerprint density at radius 3 is 1.72 bits per heavy atom. The van der Waals surface area contributed by atoms with Crippen LogP contribution in [0.4, 0.5) is 0 Å². The van der Waals surface area contributed by atoms with Gasteiger partial charge in [-0.15, -0.1) is 5.06 Å². The first-order valence-corrected chi connectivity index (χ1v) is 27.4. The van der Waals surface area contributed by atoms with Gasteiger partial charge in [0.25, 0.3) is 11.8 Å². The molecule has 3 aliphatic heterocycles. The molecule has 0 aromatic carbocycles. The number of rotatable bonds is 41. The summed E-state index contributed by atoms with van der Waals surface area (Å²) >= 11 is 0. The molecule has 3 saturated heterocycles. The first-order valence-electron chi connectivity index (χ1n) is 27.4. The number of unbranched alkanes of at least 4 members (excludes halogenated alkanes) is 6. The highest BCUT2D eigenvalue weighted by Crippen LogP contribution is 2.26. The molecule has 0 saturated carbocycles. The maximum Gasteiger partial charge on any atom is 0.333 e. The fraction of sp³-hybridized carbons (Fsp3) is 0.800. The van der Waals surface area contributed by atoms with Crippen LogP contribution in [0.5, 0.6) is 0 Å². The molecule has 7 atom stereocenters. The van der Waals surface area contributed by atoms with Gasteiger partial charge in [0, 0.05) is 90.6 Å². The van der Waals surface area contributed by atoms with E-state index in [9.17, 15) is 63.3 Å². The summed E-state index contributed by atoms with van der Waals surface area (Å²) in [4.78, 5) is 132. The minimum atomic E-state index is -1.22. The summed E-state index contributed by atoms with van der Waals surface area (Å²) in [6, 6.07) is -1.22. The highest BCUT2D eigenvalue weighted by Gasteiger charge is 2.37. The van der Waals surface area contributed by atoms with Crippen LogP contribution in [0, 0.1) is 0 Å². The molecule has 0 bridgehead atoms. The number of carbonyl (C=O) groups excluding carboxylic acids is 10. The average molecular weight is 1130 g/mol. The smallest absolute Gasteiger partial charge is 0.333 e. The molecule has 29 heteroatoms. The monoisotopic (exact) mass is 1130 g/mol. The lowest BCUT2D eigenvalue weighted by Gasteiger charge is -2.38. The Kier molecular flexibility index (Phi) is 34.1. The van der Waals surface area contributed by atoms with Crippen molar-refractivity contribution in [3.05, 3.63) is 0 Å². The first kappa shape index (κ1) is 67.8. The number of ether oxygens (including phenoxy) is 4. The van der Waals surface area contributed by atoms with E-state index in [1.165, 1.54) is 4.90 Å². The van der Waals surface area contributed by atoms with Gasteiger partial charge in [-0.05, 0) is 51.4 Å². The predicted molar refractivity (Wildman–Crippen MR) is 275 cm³/mol. The quantitative estimate of drug-likeness (QED) is 0.0204. The Morgan fingerprint density at radius 2 is 1.14 bits per heavy atom. The van der Waals surface area contributed by atoms with Crippen molar-refractivity contribution in [2.24, 2.45) is 0 Å². The number of amides is 9. The van der Waals surface area contributed by atoms with Crippen LogP contribution in [0.2, 0.25) is 0 Å². The van der Waals surface area contributed by atoms with Gasteiger partial charge in [-0.2, -0.15) is 0 Å². The molecule has 450 valence electrons. The zero-order chi connectivity index (χ0) is 57.8. The third-order valence-electron chi connectivity index (χ3n) is 12.6. The number of nitrogens with one attached hydrogen (secondary N) is 7. The lowest BCUT2D eigenvalue weighted by atomic mass is 10.0. The normalized spacial score (nSPS) is 20.5. The highest BCUT2D eigenvalue weighted by molar-refractivity contribution is 6.01. The molecule has 29 nitrogen and oxygen atoms in total. The SMILES string of the molecule is O=C(CCCCCNC(=O)CN(CC(=O)NCCCCCC(=O)ON1C(=O)CCC1=O)CC(=O)N[C@@H](CCC(=O)NCCO)C(=O)NCCCCCC(=O)NCCO[C@@H]1O[C@@H](O[C@H]2C[C@@H](CO)OC[C@H]2O)CC[C@@H]1O)NCCO. The summed E-state index contributed by atoms with van der Waals surface area (Å²) in [7, 11) is 0. The Bertz CT molecular complexity index is 1900. The molecule has 3 fully saturated rings. The van der Waals surface area contributed by atoms with E-state index < -0.39 is 110 Å². The Morgan fingerprint density at radius 1 is 0.608 bits per heavy atom. The summed E-state index contributed by atoms with van der Waals surface area (Å²) in [6.07, 6.45) is 0.613. The molecule has 0 spiro atoms. The van der Waals surface area contributed by atoms with E-state index in [-0.39, 0.29) is 135 Å². The van der Waals surface area contributed by atoms with Gasteiger partial charge >= 0.3 is 5.97 Å². The molecule has 0 unspecified atom stereocenters. The van der Waals surface area contributed by atoms with Gasteiger partial charge in [0.1, 0.15) is 18.2 Å². The van der Waals surface area contributed by atoms with Crippen molar-refractivity contribution in [3.8, 4) is 0 Å². The molecule has 12 N–H and O–H groups in total. The Balaban J connectivity index is 1.45. The van der Waals surface area contributed by atoms with Crippen LogP contribution in [-0.4, -0.2) is 230 Å². The summed E-state index contributed by atoms with van der Waals surface area (Å²) in [5.41, 5.74) is 0. The number of carbonyl (C=O) groups is 10. The van der Waals surface area contributed by atoms with Gasteiger partial charge < -0.3 is 86.5 Å². The van der Waals surface area contributed by atoms with Crippen LogP contribution < -0.4 is 37.2 Å². The van der Waals surface area contributed by atoms with Crippen LogP contribution >= 0.6 is 0 Å². The van der Waals surface area contributed by atoms with E-state index in [0.29, 0.717) is 75.7 Å². The summed E-state index contributed by atoms with van der Waals surface area (Å²) in [5, 5.41) is 67.2. The molecule has 0 aliphatic carbocycles. The topological polar surface area (TPSA) is 409 Å². The second kappa shape index (κ2) is 39.8. The van der Waals surface area contributed by atoms with Gasteiger partial charge in [0.05, 0.1) is 64.9 Å². The molecule has 79 heavy (non-hydrogen) atoms. The van der Waals surface area contributed by atoms with Crippen LogP contribution in [0.1, 0.15) is 122 Å². The van der Waals surface area contributed by atoms with E-state index in [1.54, 1.807) is 0 Å². The zero-order valence-corrected chi connectivity index (χ0v) is 45.1. The lowest BCUT2D eigenvalue weighted by Crippen LogP contribution is -2.52. The van der Waals surface area contributed by atoms with Crippen molar-refractivity contribution in [1.82, 2.24) is 47.2 Å². The summed E-state index contributed by atoms with van der Waals surface area (Å²) < 4.78 is 22.7. The number of hydroxylamine groups is 2. The molecule has 0 radical (unpaired) electrons. The number of imide groups is 1. The number of hydrogen-bond acceptors (Lipinski definition) is 21. The number of aliphatic hydroxyl groups is 5. The standard InChI is InChI=1S/C50H85N9O20/c60-25-22-53-39(65)10-4-1-7-19-51-42(68)29-58(30-43(69)52-20-8-3-6-12-47(73)79-59-45(71)16-17-46(59)72)31-44(70)57-35(13-15-41(67)54-23-26-61)49(74)56-21-9-2-5-11-40(66)55-24-27-75-50-36(63)14-18-48(78-50)77-38-28-34(32-62)76-33-37(38)64/h34-38,48,50,60-64H,1-33H2,(H,51,68)(H,52,69)(H,53,65)(H,54,67)(H,55,66)(H,56,74)(H,57,70)/t34-,35-,36-,37+,38-,48+,50+/m0/s1. The van der Waals surface area contributed by atoms with Crippen molar-refractivity contribution in [3.63, 3.8) is 0 Å². The van der Waals surface area contributed by atoms with Gasteiger partial charge in [-0.1, -0.05) is 19.3 Å². The second-order valence-electron chi connectivity index (χ2n) is 19.3. The molecular formula is C50H85N9O20. The van der Waals surface area contributed by atoms with Gasteiger partial charge in [-0.3, -0.25) is 48.1 Å².